The second kappa shape index (κ2) is 9.63. The van der Waals surface area contributed by atoms with E-state index in [1.54, 1.807) is 24.4 Å². The van der Waals surface area contributed by atoms with E-state index in [1.165, 1.54) is 31.4 Å². The number of hydrogen-bond acceptors (Lipinski definition) is 5. The molecule has 0 unspecified atom stereocenters. The molecule has 0 bridgehead atoms. The van der Waals surface area contributed by atoms with Crippen LogP contribution in [-0.2, 0) is 0 Å². The van der Waals surface area contributed by atoms with Gasteiger partial charge < -0.3 is 14.8 Å². The van der Waals surface area contributed by atoms with Crippen molar-refractivity contribution in [2.75, 3.05) is 7.11 Å². The van der Waals surface area contributed by atoms with Crippen LogP contribution < -0.4 is 20.2 Å². The minimum absolute atomic E-state index is 0.204. The van der Waals surface area contributed by atoms with E-state index in [9.17, 15) is 9.18 Å². The quantitative estimate of drug-likeness (QED) is 0.260. The van der Waals surface area contributed by atoms with E-state index in [0.717, 1.165) is 0 Å². The highest BCUT2D eigenvalue weighted by atomic mass is 32.1. The van der Waals surface area contributed by atoms with Gasteiger partial charge in [-0.3, -0.25) is 5.43 Å². The van der Waals surface area contributed by atoms with Crippen LogP contribution in [0.3, 0.4) is 0 Å². The van der Waals surface area contributed by atoms with Gasteiger partial charge in [0.05, 0.1) is 18.9 Å². The second-order valence-electron chi connectivity index (χ2n) is 5.80. The van der Waals surface area contributed by atoms with Crippen LogP contribution in [0.4, 0.5) is 4.39 Å². The lowest BCUT2D eigenvalue weighted by molar-refractivity contribution is 0.0729. The molecule has 0 saturated carbocycles. The van der Waals surface area contributed by atoms with Gasteiger partial charge in [0.2, 0.25) is 0 Å². The van der Waals surface area contributed by atoms with Gasteiger partial charge in [-0.15, -0.1) is 0 Å². The lowest BCUT2D eigenvalue weighted by Gasteiger charge is -2.10. The lowest BCUT2D eigenvalue weighted by atomic mass is 10.2. The molecule has 2 aromatic carbocycles. The molecule has 2 rings (SSSR count). The molecular weight excluding hydrogens is 369 g/mol. The third-order valence-corrected chi connectivity index (χ3v) is 3.48. The number of nitrogens with one attached hydrogen (secondary N) is 2. The number of hydrazone groups is 1. The van der Waals surface area contributed by atoms with Gasteiger partial charge in [-0.25, -0.2) is 9.18 Å². The Kier molecular flexibility index (Phi) is 7.25. The number of nitrogens with zero attached hydrogens (tertiary/aromatic N) is 1. The summed E-state index contributed by atoms with van der Waals surface area (Å²) in [4.78, 5) is 12.2. The number of ether oxygens (including phenoxy) is 2. The highest BCUT2D eigenvalue weighted by Gasteiger charge is 2.13. The molecule has 0 heterocycles. The highest BCUT2D eigenvalue weighted by Crippen LogP contribution is 2.28. The van der Waals surface area contributed by atoms with Crippen LogP contribution in [0.2, 0.25) is 0 Å². The molecule has 6 nitrogen and oxygen atoms in total. The van der Waals surface area contributed by atoms with E-state index in [0.29, 0.717) is 16.4 Å². The topological polar surface area (TPSA) is 71.9 Å². The summed E-state index contributed by atoms with van der Waals surface area (Å²) in [5.74, 6) is -0.433. The Morgan fingerprint density at radius 3 is 2.52 bits per heavy atom. The zero-order valence-corrected chi connectivity index (χ0v) is 16.0. The van der Waals surface area contributed by atoms with Crippen molar-refractivity contribution in [2.45, 2.75) is 19.9 Å². The van der Waals surface area contributed by atoms with Gasteiger partial charge in [0, 0.05) is 6.04 Å². The summed E-state index contributed by atoms with van der Waals surface area (Å²) in [7, 11) is 1.46. The van der Waals surface area contributed by atoms with Crippen LogP contribution in [0.5, 0.6) is 11.5 Å². The Balaban J connectivity index is 2.06. The molecule has 142 valence electrons. The van der Waals surface area contributed by atoms with Crippen LogP contribution in [0.25, 0.3) is 0 Å². The smallest absolute Gasteiger partial charge is 0.343 e. The van der Waals surface area contributed by atoms with Gasteiger partial charge in [-0.2, -0.15) is 5.10 Å². The van der Waals surface area contributed by atoms with Crippen molar-refractivity contribution in [3.8, 4) is 11.5 Å². The number of halogens is 1. The molecule has 0 atom stereocenters. The molecule has 0 radical (unpaired) electrons. The van der Waals surface area contributed by atoms with Gasteiger partial charge in [0.15, 0.2) is 16.6 Å². The number of carbonyl (C=O) groups excluding carboxylic acids is 1. The third-order valence-electron chi connectivity index (χ3n) is 3.27. The summed E-state index contributed by atoms with van der Waals surface area (Å²) in [6.45, 7) is 3.93. The van der Waals surface area contributed by atoms with E-state index in [2.05, 4.69) is 15.8 Å². The van der Waals surface area contributed by atoms with Crippen molar-refractivity contribution in [2.24, 2.45) is 5.10 Å². The van der Waals surface area contributed by atoms with Crippen LogP contribution in [0.15, 0.2) is 47.6 Å². The van der Waals surface area contributed by atoms with Crippen molar-refractivity contribution in [3.05, 3.63) is 59.4 Å². The minimum atomic E-state index is -0.610. The number of methoxy groups -OCH3 is 1. The van der Waals surface area contributed by atoms with Gasteiger partial charge in [0.25, 0.3) is 0 Å². The largest absolute Gasteiger partial charge is 0.493 e. The fourth-order valence-corrected chi connectivity index (χ4v) is 2.34. The molecule has 8 heteroatoms. The Morgan fingerprint density at radius 2 is 1.89 bits per heavy atom. The standard InChI is InChI=1S/C19H20FN3O3S/c1-12(2)22-19(27)23-21-11-13-4-9-16(17(10-13)25-3)26-18(24)14-5-7-15(20)8-6-14/h4-12H,1-3H3,(H2,22,23,27)/b21-11+. The Labute approximate surface area is 162 Å². The molecule has 2 N–H and O–H groups in total. The van der Waals surface area contributed by atoms with Crippen molar-refractivity contribution in [1.82, 2.24) is 10.7 Å². The SMILES string of the molecule is COc1cc(/C=N/NC(=S)NC(C)C)ccc1OC(=O)c1ccc(F)cc1. The van der Waals surface area contributed by atoms with Gasteiger partial charge in [-0.1, -0.05) is 0 Å². The number of carbonyl (C=O) groups is 1. The predicted molar refractivity (Wildman–Crippen MR) is 106 cm³/mol. The van der Waals surface area contributed by atoms with E-state index >= 15 is 0 Å². The first-order valence-corrected chi connectivity index (χ1v) is 8.55. The van der Waals surface area contributed by atoms with Crippen LogP contribution in [-0.4, -0.2) is 30.4 Å². The van der Waals surface area contributed by atoms with Gasteiger partial charge in [-0.05, 0) is 74.1 Å². The fraction of sp³-hybridized carbons (Fsp3) is 0.211. The second-order valence-corrected chi connectivity index (χ2v) is 6.21. The van der Waals surface area contributed by atoms with Crippen molar-refractivity contribution < 1.29 is 18.7 Å². The zero-order chi connectivity index (χ0) is 19.8. The molecule has 0 aromatic heterocycles. The predicted octanol–water partition coefficient (Wildman–Crippen LogP) is 3.26. The molecule has 0 aliphatic rings. The number of hydrogen-bond donors (Lipinski definition) is 2. The molecule has 0 aliphatic heterocycles. The molecule has 0 amide bonds. The maximum absolute atomic E-state index is 13.0. The lowest BCUT2D eigenvalue weighted by Crippen LogP contribution is -2.36. The first kappa shape index (κ1) is 20.3. The summed E-state index contributed by atoms with van der Waals surface area (Å²) < 4.78 is 23.5. The molecule has 0 aliphatic carbocycles. The summed E-state index contributed by atoms with van der Waals surface area (Å²) in [5.41, 5.74) is 3.66. The minimum Gasteiger partial charge on any atom is -0.493 e. The van der Waals surface area contributed by atoms with Crippen molar-refractivity contribution in [3.63, 3.8) is 0 Å². The monoisotopic (exact) mass is 389 g/mol. The first-order valence-electron chi connectivity index (χ1n) is 8.14. The number of rotatable bonds is 6. The van der Waals surface area contributed by atoms with E-state index in [1.807, 2.05) is 13.8 Å². The summed E-state index contributed by atoms with van der Waals surface area (Å²) in [6, 6.07) is 10.3. The highest BCUT2D eigenvalue weighted by molar-refractivity contribution is 7.80. The summed E-state index contributed by atoms with van der Waals surface area (Å²) in [5, 5.41) is 7.46. The molecule has 2 aromatic rings. The van der Waals surface area contributed by atoms with Crippen molar-refractivity contribution in [1.29, 1.82) is 0 Å². The van der Waals surface area contributed by atoms with Crippen LogP contribution >= 0.6 is 12.2 Å². The van der Waals surface area contributed by atoms with Gasteiger partial charge in [0.1, 0.15) is 5.82 Å². The summed E-state index contributed by atoms with van der Waals surface area (Å²) >= 11 is 5.08. The van der Waals surface area contributed by atoms with Crippen LogP contribution in [0, 0.1) is 5.82 Å². The molecular formula is C19H20FN3O3S. The fourth-order valence-electron chi connectivity index (χ4n) is 2.05. The first-order chi connectivity index (χ1) is 12.9. The zero-order valence-electron chi connectivity index (χ0n) is 15.2. The Morgan fingerprint density at radius 1 is 1.19 bits per heavy atom. The molecule has 0 saturated heterocycles. The van der Waals surface area contributed by atoms with E-state index < -0.39 is 11.8 Å². The number of benzene rings is 2. The number of thiocarbonyl (C=S) groups is 1. The Bertz CT molecular complexity index is 839. The maximum Gasteiger partial charge on any atom is 0.343 e. The van der Waals surface area contributed by atoms with E-state index in [-0.39, 0.29) is 17.4 Å². The average Bonchev–Trinajstić information content (AvgIpc) is 2.62. The molecule has 0 fully saturated rings. The normalized spacial score (nSPS) is 10.7. The Hall–Kier alpha value is -3.00. The van der Waals surface area contributed by atoms with Crippen molar-refractivity contribution >= 4 is 29.5 Å². The average molecular weight is 389 g/mol. The van der Waals surface area contributed by atoms with E-state index in [4.69, 9.17) is 21.7 Å². The molecule has 0 spiro atoms. The maximum atomic E-state index is 13.0. The number of esters is 1. The van der Waals surface area contributed by atoms with Gasteiger partial charge >= 0.3 is 5.97 Å². The summed E-state index contributed by atoms with van der Waals surface area (Å²) in [6.07, 6.45) is 1.56. The van der Waals surface area contributed by atoms with Crippen LogP contribution in [0.1, 0.15) is 29.8 Å². The molecule has 27 heavy (non-hydrogen) atoms. The third kappa shape index (κ3) is 6.34.